The van der Waals surface area contributed by atoms with Crippen molar-refractivity contribution in [1.29, 1.82) is 0 Å². The van der Waals surface area contributed by atoms with Gasteiger partial charge < -0.3 is 24.7 Å². The molecule has 1 saturated heterocycles. The van der Waals surface area contributed by atoms with Crippen molar-refractivity contribution in [3.63, 3.8) is 0 Å². The molecule has 12 nitrogen and oxygen atoms in total. The van der Waals surface area contributed by atoms with E-state index in [4.69, 9.17) is 14.5 Å². The van der Waals surface area contributed by atoms with Crippen LogP contribution < -0.4 is 11.2 Å². The van der Waals surface area contributed by atoms with Gasteiger partial charge in [0, 0.05) is 0 Å². The zero-order valence-corrected chi connectivity index (χ0v) is 11.2. The molecule has 118 valence electrons. The van der Waals surface area contributed by atoms with E-state index in [2.05, 4.69) is 9.62 Å². The number of rotatable bonds is 4. The highest BCUT2D eigenvalue weighted by Gasteiger charge is 2.45. The zero-order valence-electron chi connectivity index (χ0n) is 10.3. The fourth-order valence-electron chi connectivity index (χ4n) is 1.78. The van der Waals surface area contributed by atoms with Crippen molar-refractivity contribution in [3.8, 4) is 0 Å². The molecule has 0 unspecified atom stereocenters. The molecule has 1 aliphatic heterocycles. The zero-order chi connectivity index (χ0) is 15.8. The Bertz CT molecular complexity index is 665. The Morgan fingerprint density at radius 3 is 2.62 bits per heavy atom. The number of aromatic amines is 1. The lowest BCUT2D eigenvalue weighted by atomic mass is 10.1. The normalized spacial score (nSPS) is 29.7. The Kier molecular flexibility index (Phi) is 4.39. The van der Waals surface area contributed by atoms with Gasteiger partial charge in [0.15, 0.2) is 6.23 Å². The second-order valence-electron chi connectivity index (χ2n) is 4.22. The minimum Gasteiger partial charge on any atom is -0.387 e. The Hall–Kier alpha value is -1.40. The summed E-state index contributed by atoms with van der Waals surface area (Å²) in [6.45, 7) is -0.711. The number of nitrogens with one attached hydrogen (secondary N) is 1. The molecule has 0 amide bonds. The first-order valence-electron chi connectivity index (χ1n) is 5.59. The standard InChI is InChI=1S/C8H12N3O9P/c12-4-1-9-11(8(15)10-4)7-6(14)5(13)3(20-7)2-19-21(16,17)18/h1,3,5-7,13-14H,2H2,(H,10,12,15)(H2,16,17,18)/t3-,5-,6+,7+/m0/s1. The third kappa shape index (κ3) is 3.63. The van der Waals surface area contributed by atoms with Crippen LogP contribution >= 0.6 is 7.82 Å². The number of nitrogens with zero attached hydrogens (tertiary/aromatic N) is 2. The summed E-state index contributed by atoms with van der Waals surface area (Å²) in [5, 5.41) is 23.0. The second-order valence-corrected chi connectivity index (χ2v) is 5.46. The Balaban J connectivity index is 2.18. The molecule has 21 heavy (non-hydrogen) atoms. The first kappa shape index (κ1) is 16.0. The van der Waals surface area contributed by atoms with E-state index in [-0.39, 0.29) is 0 Å². The number of aromatic nitrogens is 3. The fraction of sp³-hybridized carbons (Fsp3) is 0.625. The number of ether oxygens (including phenoxy) is 1. The van der Waals surface area contributed by atoms with Gasteiger partial charge in [-0.3, -0.25) is 14.3 Å². The number of aliphatic hydroxyl groups excluding tert-OH is 2. The van der Waals surface area contributed by atoms with Crippen molar-refractivity contribution in [1.82, 2.24) is 14.8 Å². The molecule has 0 aliphatic carbocycles. The molecular weight excluding hydrogens is 313 g/mol. The highest BCUT2D eigenvalue weighted by atomic mass is 31.2. The first-order valence-corrected chi connectivity index (χ1v) is 7.12. The molecule has 0 bridgehead atoms. The monoisotopic (exact) mass is 325 g/mol. The predicted molar refractivity (Wildman–Crippen MR) is 63.0 cm³/mol. The lowest BCUT2D eigenvalue weighted by molar-refractivity contribution is -0.0610. The average Bonchev–Trinajstić information content (AvgIpc) is 2.64. The van der Waals surface area contributed by atoms with Gasteiger partial charge in [-0.25, -0.2) is 9.36 Å². The summed E-state index contributed by atoms with van der Waals surface area (Å²) in [5.41, 5.74) is -1.74. The molecule has 2 rings (SSSR count). The maximum Gasteiger partial charge on any atom is 0.469 e. The van der Waals surface area contributed by atoms with Gasteiger partial charge in [-0.2, -0.15) is 9.78 Å². The van der Waals surface area contributed by atoms with E-state index in [1.165, 1.54) is 0 Å². The third-order valence-corrected chi connectivity index (χ3v) is 3.21. The van der Waals surface area contributed by atoms with Gasteiger partial charge in [-0.1, -0.05) is 0 Å². The maximum absolute atomic E-state index is 11.5. The summed E-state index contributed by atoms with van der Waals surface area (Å²) < 4.78 is 20.4. The molecule has 0 saturated carbocycles. The van der Waals surface area contributed by atoms with Gasteiger partial charge in [0.25, 0.3) is 5.56 Å². The topological polar surface area (TPSA) is 184 Å². The molecule has 2 heterocycles. The van der Waals surface area contributed by atoms with E-state index in [9.17, 15) is 24.4 Å². The van der Waals surface area contributed by atoms with Crippen LogP contribution in [0.5, 0.6) is 0 Å². The molecule has 0 radical (unpaired) electrons. The summed E-state index contributed by atoms with van der Waals surface area (Å²) >= 11 is 0. The van der Waals surface area contributed by atoms with Crippen LogP contribution in [0.15, 0.2) is 15.8 Å². The molecule has 13 heteroatoms. The van der Waals surface area contributed by atoms with Crippen LogP contribution in [-0.2, 0) is 13.8 Å². The van der Waals surface area contributed by atoms with Gasteiger partial charge >= 0.3 is 13.5 Å². The van der Waals surface area contributed by atoms with Crippen LogP contribution in [0.1, 0.15) is 6.23 Å². The van der Waals surface area contributed by atoms with Crippen molar-refractivity contribution in [3.05, 3.63) is 27.0 Å². The van der Waals surface area contributed by atoms with Crippen LogP contribution in [-0.4, -0.2) is 59.7 Å². The lowest BCUT2D eigenvalue weighted by Gasteiger charge is -2.15. The third-order valence-electron chi connectivity index (χ3n) is 2.72. The maximum atomic E-state index is 11.5. The van der Waals surface area contributed by atoms with E-state index in [1.54, 1.807) is 0 Å². The number of aliphatic hydroxyl groups is 2. The van der Waals surface area contributed by atoms with Gasteiger partial charge in [-0.15, -0.1) is 0 Å². The second kappa shape index (κ2) is 5.77. The summed E-state index contributed by atoms with van der Waals surface area (Å²) in [6, 6.07) is 0. The van der Waals surface area contributed by atoms with Crippen LogP contribution in [0.4, 0.5) is 0 Å². The minimum atomic E-state index is -4.78. The van der Waals surface area contributed by atoms with E-state index in [1.807, 2.05) is 4.98 Å². The molecule has 0 aromatic carbocycles. The number of phosphoric acid groups is 1. The first-order chi connectivity index (χ1) is 9.69. The van der Waals surface area contributed by atoms with Gasteiger partial charge in [0.1, 0.15) is 24.5 Å². The minimum absolute atomic E-state index is 0.590. The quantitative estimate of drug-likeness (QED) is 0.350. The van der Waals surface area contributed by atoms with Gasteiger partial charge in [0.05, 0.1) is 6.61 Å². The van der Waals surface area contributed by atoms with Crippen molar-refractivity contribution in [2.24, 2.45) is 0 Å². The molecule has 5 N–H and O–H groups in total. The predicted octanol–water partition coefficient (Wildman–Crippen LogP) is -3.34. The number of phosphoric ester groups is 1. The Morgan fingerprint density at radius 1 is 1.38 bits per heavy atom. The summed E-state index contributed by atoms with van der Waals surface area (Å²) in [4.78, 5) is 41.4. The molecule has 1 fully saturated rings. The SMILES string of the molecule is O=c1cnn([C@@H]2O[C@@H](COP(=O)(O)O)[C@H](O)[C@H]2O)c(=O)[nH]1. The summed E-state index contributed by atoms with van der Waals surface area (Å²) in [6.07, 6.45) is -5.13. The molecule has 1 aromatic rings. The lowest BCUT2D eigenvalue weighted by Crippen LogP contribution is -2.39. The van der Waals surface area contributed by atoms with Crippen LogP contribution in [0.2, 0.25) is 0 Å². The van der Waals surface area contributed by atoms with Crippen LogP contribution in [0.3, 0.4) is 0 Å². The smallest absolute Gasteiger partial charge is 0.387 e. The largest absolute Gasteiger partial charge is 0.469 e. The Morgan fingerprint density at radius 2 is 2.05 bits per heavy atom. The summed E-state index contributed by atoms with van der Waals surface area (Å²) in [7, 11) is -4.78. The van der Waals surface area contributed by atoms with Crippen LogP contribution in [0.25, 0.3) is 0 Å². The molecule has 4 atom stereocenters. The molecular formula is C8H12N3O9P. The number of hydrogen-bond acceptors (Lipinski definition) is 8. The van der Waals surface area contributed by atoms with E-state index < -0.39 is 50.2 Å². The summed E-state index contributed by atoms with van der Waals surface area (Å²) in [5.74, 6) is 0. The van der Waals surface area contributed by atoms with Crippen molar-refractivity contribution >= 4 is 7.82 Å². The van der Waals surface area contributed by atoms with Crippen LogP contribution in [0, 0.1) is 0 Å². The van der Waals surface area contributed by atoms with Crippen molar-refractivity contribution in [2.45, 2.75) is 24.5 Å². The van der Waals surface area contributed by atoms with E-state index in [0.29, 0.717) is 4.68 Å². The van der Waals surface area contributed by atoms with E-state index in [0.717, 1.165) is 6.20 Å². The Labute approximate surface area is 115 Å². The van der Waals surface area contributed by atoms with Crippen molar-refractivity contribution in [2.75, 3.05) is 6.61 Å². The molecule has 0 spiro atoms. The number of hydrogen-bond donors (Lipinski definition) is 5. The van der Waals surface area contributed by atoms with Crippen molar-refractivity contribution < 1.29 is 33.8 Å². The van der Waals surface area contributed by atoms with E-state index >= 15 is 0 Å². The van der Waals surface area contributed by atoms with Gasteiger partial charge in [0.2, 0.25) is 0 Å². The highest BCUT2D eigenvalue weighted by molar-refractivity contribution is 7.46. The fourth-order valence-corrected chi connectivity index (χ4v) is 2.12. The highest BCUT2D eigenvalue weighted by Crippen LogP contribution is 2.38. The molecule has 1 aromatic heterocycles. The molecule has 1 aliphatic rings. The van der Waals surface area contributed by atoms with Gasteiger partial charge in [-0.05, 0) is 0 Å². The number of H-pyrrole nitrogens is 1. The average molecular weight is 325 g/mol.